The highest BCUT2D eigenvalue weighted by atomic mass is 16.5. The number of imidazole rings is 3. The number of fused-ring (bicyclic) bond motifs is 4. The summed E-state index contributed by atoms with van der Waals surface area (Å²) in [5, 5.41) is 3.25. The molecule has 0 amide bonds. The fourth-order valence-corrected chi connectivity index (χ4v) is 3.39. The summed E-state index contributed by atoms with van der Waals surface area (Å²) in [7, 11) is 3.57. The molecule has 5 aromatic rings. The van der Waals surface area contributed by atoms with Gasteiger partial charge in [0.1, 0.15) is 28.6 Å². The lowest BCUT2D eigenvalue weighted by molar-refractivity contribution is 0.415. The molecule has 0 aliphatic carbocycles. The Morgan fingerprint density at radius 2 is 2.00 bits per heavy atom. The molecule has 0 saturated carbocycles. The average Bonchev–Trinajstić information content (AvgIpc) is 3.30. The zero-order valence-electron chi connectivity index (χ0n) is 14.7. The normalized spacial score (nSPS) is 11.7. The summed E-state index contributed by atoms with van der Waals surface area (Å²) < 4.78 is 9.41. The number of pyridine rings is 1. The largest absolute Gasteiger partial charge is 0.497 e. The van der Waals surface area contributed by atoms with E-state index in [4.69, 9.17) is 14.7 Å². The maximum absolute atomic E-state index is 5.35. The number of anilines is 1. The van der Waals surface area contributed by atoms with Crippen LogP contribution in [0.25, 0.3) is 33.8 Å². The third-order valence-electron chi connectivity index (χ3n) is 4.68. The topological polar surface area (TPSA) is 71.6 Å². The number of aromatic nitrogens is 5. The fourth-order valence-electron chi connectivity index (χ4n) is 3.39. The molecule has 0 unspecified atom stereocenters. The second kappa shape index (κ2) is 5.26. The van der Waals surface area contributed by atoms with Crippen molar-refractivity contribution in [3.63, 3.8) is 0 Å². The van der Waals surface area contributed by atoms with Gasteiger partial charge < -0.3 is 15.0 Å². The van der Waals surface area contributed by atoms with Crippen molar-refractivity contribution in [3.8, 4) is 17.1 Å². The van der Waals surface area contributed by atoms with Gasteiger partial charge in [-0.15, -0.1) is 0 Å². The molecule has 0 spiro atoms. The predicted molar refractivity (Wildman–Crippen MR) is 102 cm³/mol. The van der Waals surface area contributed by atoms with Gasteiger partial charge in [0.05, 0.1) is 18.1 Å². The molecule has 2 N–H and O–H groups in total. The Morgan fingerprint density at radius 1 is 1.12 bits per heavy atom. The molecule has 7 nitrogen and oxygen atoms in total. The van der Waals surface area contributed by atoms with Crippen LogP contribution in [-0.2, 0) is 0 Å². The van der Waals surface area contributed by atoms with E-state index in [9.17, 15) is 0 Å². The highest BCUT2D eigenvalue weighted by Gasteiger charge is 2.17. The maximum Gasteiger partial charge on any atom is 0.212 e. The van der Waals surface area contributed by atoms with Gasteiger partial charge in [0, 0.05) is 25.5 Å². The van der Waals surface area contributed by atoms with E-state index in [-0.39, 0.29) is 0 Å². The Bertz CT molecular complexity index is 1280. The van der Waals surface area contributed by atoms with Crippen molar-refractivity contribution in [1.82, 2.24) is 23.8 Å². The van der Waals surface area contributed by atoms with E-state index < -0.39 is 0 Å². The Hall–Kier alpha value is -3.48. The first-order chi connectivity index (χ1) is 12.7. The molecule has 1 aromatic carbocycles. The quantitative estimate of drug-likeness (QED) is 0.525. The van der Waals surface area contributed by atoms with Crippen LogP contribution in [0.2, 0.25) is 0 Å². The van der Waals surface area contributed by atoms with Crippen LogP contribution in [0.5, 0.6) is 5.75 Å². The number of ether oxygens (including phenoxy) is 1. The Morgan fingerprint density at radius 3 is 2.81 bits per heavy atom. The van der Waals surface area contributed by atoms with Crippen molar-refractivity contribution in [3.05, 3.63) is 48.3 Å². The molecule has 130 valence electrons. The minimum absolute atomic E-state index is 0.776. The van der Waals surface area contributed by atoms with E-state index in [1.807, 2.05) is 46.4 Å². The molecule has 0 fully saturated rings. The van der Waals surface area contributed by atoms with Gasteiger partial charge in [0.15, 0.2) is 0 Å². The zero-order valence-corrected chi connectivity index (χ0v) is 14.7. The van der Waals surface area contributed by atoms with Crippen LogP contribution in [0, 0.1) is 6.92 Å². The lowest BCUT2D eigenvalue weighted by Crippen LogP contribution is -1.95. The molecular formula is C19H18N6O. The molecule has 26 heavy (non-hydrogen) atoms. The second-order valence-corrected chi connectivity index (χ2v) is 6.32. The van der Waals surface area contributed by atoms with Gasteiger partial charge >= 0.3 is 0 Å². The first kappa shape index (κ1) is 14.8. The summed E-state index contributed by atoms with van der Waals surface area (Å²) in [5.74, 6) is 2.51. The van der Waals surface area contributed by atoms with Gasteiger partial charge in [-0.25, -0.2) is 9.97 Å². The molecule has 7 heteroatoms. The van der Waals surface area contributed by atoms with E-state index in [1.165, 1.54) is 5.56 Å². The highest BCUT2D eigenvalue weighted by molar-refractivity contribution is 5.83. The van der Waals surface area contributed by atoms with Crippen LogP contribution in [0.1, 0.15) is 5.56 Å². The second-order valence-electron chi connectivity index (χ2n) is 6.32. The van der Waals surface area contributed by atoms with Crippen molar-refractivity contribution in [2.45, 2.75) is 6.92 Å². The minimum atomic E-state index is 0.776. The molecular weight excluding hydrogens is 328 g/mol. The Balaban J connectivity index is 1.75. The summed E-state index contributed by atoms with van der Waals surface area (Å²) >= 11 is 0. The van der Waals surface area contributed by atoms with Crippen LogP contribution >= 0.6 is 0 Å². The molecule has 0 radical (unpaired) electrons. The van der Waals surface area contributed by atoms with E-state index in [1.54, 1.807) is 7.11 Å². The molecule has 0 bridgehead atoms. The van der Waals surface area contributed by atoms with Gasteiger partial charge in [-0.1, -0.05) is 0 Å². The fraction of sp³-hybridized carbons (Fsp3) is 0.158. The molecule has 0 saturated heterocycles. The van der Waals surface area contributed by atoms with Crippen molar-refractivity contribution in [2.24, 2.45) is 0 Å². The van der Waals surface area contributed by atoms with E-state index in [0.717, 1.165) is 45.4 Å². The summed E-state index contributed by atoms with van der Waals surface area (Å²) in [5.41, 5.74) is 5.74. The number of hydrogen-bond donors (Lipinski definition) is 2. The third kappa shape index (κ3) is 2.00. The zero-order chi connectivity index (χ0) is 17.8. The number of nitrogens with one attached hydrogen (secondary N) is 2. The highest BCUT2D eigenvalue weighted by Crippen LogP contribution is 2.30. The minimum Gasteiger partial charge on any atom is -0.497 e. The SMILES string of the molecule is CNc1c(-c2cn3c(n2)[nH]c2ccc(OC)cc23)nc2cc(C)ccn12. The number of H-pyrrole nitrogens is 1. The van der Waals surface area contributed by atoms with Gasteiger partial charge in [-0.2, -0.15) is 0 Å². The van der Waals surface area contributed by atoms with Gasteiger partial charge in [-0.05, 0) is 36.8 Å². The number of rotatable bonds is 3. The number of nitrogens with zero attached hydrogens (tertiary/aromatic N) is 4. The Kier molecular flexibility index (Phi) is 3.00. The van der Waals surface area contributed by atoms with Crippen molar-refractivity contribution >= 4 is 28.3 Å². The van der Waals surface area contributed by atoms with Crippen molar-refractivity contribution in [2.75, 3.05) is 19.5 Å². The van der Waals surface area contributed by atoms with Crippen LogP contribution in [-0.4, -0.2) is 37.9 Å². The third-order valence-corrected chi connectivity index (χ3v) is 4.68. The monoisotopic (exact) mass is 346 g/mol. The first-order valence-electron chi connectivity index (χ1n) is 8.39. The van der Waals surface area contributed by atoms with Gasteiger partial charge in [-0.3, -0.25) is 8.80 Å². The molecule has 4 aromatic heterocycles. The molecule has 0 atom stereocenters. The van der Waals surface area contributed by atoms with Crippen molar-refractivity contribution < 1.29 is 4.74 Å². The van der Waals surface area contributed by atoms with Gasteiger partial charge in [0.2, 0.25) is 5.78 Å². The van der Waals surface area contributed by atoms with Crippen molar-refractivity contribution in [1.29, 1.82) is 0 Å². The maximum atomic E-state index is 5.35. The number of methoxy groups -OCH3 is 1. The van der Waals surface area contributed by atoms with E-state index in [2.05, 4.69) is 29.4 Å². The molecule has 0 aliphatic rings. The van der Waals surface area contributed by atoms with Gasteiger partial charge in [0.25, 0.3) is 0 Å². The summed E-state index contributed by atoms with van der Waals surface area (Å²) in [6.45, 7) is 2.06. The average molecular weight is 346 g/mol. The number of benzene rings is 1. The molecule has 4 heterocycles. The summed E-state index contributed by atoms with van der Waals surface area (Å²) in [4.78, 5) is 12.9. The Labute approximate surface area is 149 Å². The summed E-state index contributed by atoms with van der Waals surface area (Å²) in [6.07, 6.45) is 4.03. The molecule has 5 rings (SSSR count). The van der Waals surface area contributed by atoms with Crippen LogP contribution in [0.4, 0.5) is 5.82 Å². The predicted octanol–water partition coefficient (Wildman–Crippen LogP) is 3.49. The summed E-state index contributed by atoms with van der Waals surface area (Å²) in [6, 6.07) is 10.1. The van der Waals surface area contributed by atoms with Crippen LogP contribution in [0.3, 0.4) is 0 Å². The lowest BCUT2D eigenvalue weighted by Gasteiger charge is -2.02. The number of aryl methyl sites for hydroxylation is 1. The first-order valence-corrected chi connectivity index (χ1v) is 8.39. The lowest BCUT2D eigenvalue weighted by atomic mass is 10.3. The number of aromatic amines is 1. The van der Waals surface area contributed by atoms with Crippen LogP contribution < -0.4 is 10.1 Å². The number of hydrogen-bond acceptors (Lipinski definition) is 4. The standard InChI is InChI=1S/C19H18N6O/c1-11-6-7-24-16(8-11)23-17(18(24)20-2)14-10-25-15-9-12(26-3)4-5-13(15)21-19(25)22-14/h4-10,20H,1-3H3,(H,21,22). The molecule has 0 aliphatic heterocycles. The smallest absolute Gasteiger partial charge is 0.212 e. The van der Waals surface area contributed by atoms with E-state index >= 15 is 0 Å². The van der Waals surface area contributed by atoms with E-state index in [0.29, 0.717) is 0 Å². The van der Waals surface area contributed by atoms with Crippen LogP contribution in [0.15, 0.2) is 42.7 Å².